The van der Waals surface area contributed by atoms with E-state index in [2.05, 4.69) is 20.6 Å². The summed E-state index contributed by atoms with van der Waals surface area (Å²) in [7, 11) is 1.40. The van der Waals surface area contributed by atoms with E-state index in [1.54, 1.807) is 24.5 Å². The van der Waals surface area contributed by atoms with Crippen LogP contribution in [0.2, 0.25) is 0 Å². The van der Waals surface area contributed by atoms with Crippen molar-refractivity contribution in [1.29, 1.82) is 0 Å². The van der Waals surface area contributed by atoms with Crippen molar-refractivity contribution in [2.24, 2.45) is 0 Å². The van der Waals surface area contributed by atoms with Gasteiger partial charge in [0.15, 0.2) is 11.6 Å². The van der Waals surface area contributed by atoms with Gasteiger partial charge < -0.3 is 29.8 Å². The number of rotatable bonds is 9. The Morgan fingerprint density at radius 2 is 2.09 bits per heavy atom. The van der Waals surface area contributed by atoms with E-state index in [1.807, 2.05) is 26.8 Å². The molecule has 8 nitrogen and oxygen atoms in total. The molecule has 0 atom stereocenters. The molecule has 0 saturated heterocycles. The highest BCUT2D eigenvalue weighted by Crippen LogP contribution is 2.42. The van der Waals surface area contributed by atoms with Gasteiger partial charge in [0, 0.05) is 37.0 Å². The standard InChI is InChI=1S/C25H29FN4O4/c1-5-34-25(2,3)14-33-19-13-27-11-9-15(19)21-22(20-17(29-21)10-12-28-24(20)31)30-18-8-6-7-16(26)23(18)32-4/h6-9,11,13,29-30H,5,10,12,14H2,1-4H3,(H,28,31). The Bertz CT molecular complexity index is 1190. The topological polar surface area (TPSA) is 97.5 Å². The van der Waals surface area contributed by atoms with Crippen LogP contribution in [-0.2, 0) is 11.2 Å². The van der Waals surface area contributed by atoms with Gasteiger partial charge in [0.2, 0.25) is 0 Å². The number of hydrogen-bond donors (Lipinski definition) is 3. The quantitative estimate of drug-likeness (QED) is 0.429. The fourth-order valence-electron chi connectivity index (χ4n) is 4.04. The van der Waals surface area contributed by atoms with E-state index in [0.29, 0.717) is 60.1 Å². The van der Waals surface area contributed by atoms with Gasteiger partial charge >= 0.3 is 0 Å². The minimum absolute atomic E-state index is 0.0595. The first-order chi connectivity index (χ1) is 16.3. The van der Waals surface area contributed by atoms with E-state index in [-0.39, 0.29) is 11.7 Å². The fraction of sp³-hybridized carbons (Fsp3) is 0.360. The summed E-state index contributed by atoms with van der Waals surface area (Å²) in [6.45, 7) is 7.24. The predicted molar refractivity (Wildman–Crippen MR) is 127 cm³/mol. The number of para-hydroxylation sites is 1. The Labute approximate surface area is 197 Å². The maximum absolute atomic E-state index is 14.4. The second kappa shape index (κ2) is 9.72. The minimum atomic E-state index is -0.506. The normalized spacial score (nSPS) is 13.3. The zero-order valence-electron chi connectivity index (χ0n) is 19.8. The van der Waals surface area contributed by atoms with Crippen LogP contribution >= 0.6 is 0 Å². The van der Waals surface area contributed by atoms with Crippen molar-refractivity contribution in [3.8, 4) is 22.8 Å². The highest BCUT2D eigenvalue weighted by atomic mass is 19.1. The van der Waals surface area contributed by atoms with Crippen LogP contribution in [0.5, 0.6) is 11.5 Å². The second-order valence-electron chi connectivity index (χ2n) is 8.53. The zero-order valence-corrected chi connectivity index (χ0v) is 19.8. The first kappa shape index (κ1) is 23.6. The molecule has 0 aliphatic carbocycles. The summed E-state index contributed by atoms with van der Waals surface area (Å²) in [6.07, 6.45) is 3.92. The van der Waals surface area contributed by atoms with Crippen LogP contribution in [0.4, 0.5) is 15.8 Å². The van der Waals surface area contributed by atoms with E-state index in [0.717, 1.165) is 5.69 Å². The number of benzene rings is 1. The Kier molecular flexibility index (Phi) is 6.74. The highest BCUT2D eigenvalue weighted by Gasteiger charge is 2.29. The van der Waals surface area contributed by atoms with E-state index < -0.39 is 11.4 Å². The summed E-state index contributed by atoms with van der Waals surface area (Å²) in [5.74, 6) is -0.127. The number of carbonyl (C=O) groups is 1. The largest absolute Gasteiger partial charge is 0.492 e. The summed E-state index contributed by atoms with van der Waals surface area (Å²) >= 11 is 0. The van der Waals surface area contributed by atoms with Crippen molar-refractivity contribution < 1.29 is 23.4 Å². The third-order valence-electron chi connectivity index (χ3n) is 5.56. The van der Waals surface area contributed by atoms with Gasteiger partial charge in [-0.25, -0.2) is 4.39 Å². The molecule has 2 aromatic heterocycles. The molecule has 180 valence electrons. The lowest BCUT2D eigenvalue weighted by Crippen LogP contribution is -2.32. The van der Waals surface area contributed by atoms with Gasteiger partial charge in [-0.2, -0.15) is 0 Å². The van der Waals surface area contributed by atoms with E-state index in [9.17, 15) is 9.18 Å². The number of ether oxygens (including phenoxy) is 3. The molecular formula is C25H29FN4O4. The number of amides is 1. The Hall–Kier alpha value is -3.59. The molecule has 0 radical (unpaired) electrons. The number of aromatic nitrogens is 2. The lowest BCUT2D eigenvalue weighted by atomic mass is 10.0. The van der Waals surface area contributed by atoms with Crippen molar-refractivity contribution in [1.82, 2.24) is 15.3 Å². The maximum atomic E-state index is 14.4. The minimum Gasteiger partial charge on any atom is -0.492 e. The number of nitrogens with zero attached hydrogens (tertiary/aromatic N) is 1. The van der Waals surface area contributed by atoms with E-state index in [4.69, 9.17) is 14.2 Å². The van der Waals surface area contributed by atoms with Crippen molar-refractivity contribution >= 4 is 17.3 Å². The van der Waals surface area contributed by atoms with Crippen molar-refractivity contribution in [2.75, 3.05) is 32.2 Å². The molecule has 0 bridgehead atoms. The first-order valence-electron chi connectivity index (χ1n) is 11.2. The molecule has 0 unspecified atom stereocenters. The lowest BCUT2D eigenvalue weighted by Gasteiger charge is -2.25. The Morgan fingerprint density at radius 3 is 2.85 bits per heavy atom. The van der Waals surface area contributed by atoms with Gasteiger partial charge in [-0.1, -0.05) is 6.07 Å². The molecule has 3 aromatic rings. The molecule has 3 heterocycles. The van der Waals surface area contributed by atoms with Crippen LogP contribution in [0.1, 0.15) is 36.8 Å². The number of carbonyl (C=O) groups excluding carboxylic acids is 1. The SMILES string of the molecule is CCOC(C)(C)COc1cnccc1-c1[nH]c2c(c1Nc1cccc(F)c1OC)C(=O)NCC2. The molecule has 0 saturated carbocycles. The monoisotopic (exact) mass is 468 g/mol. The third-order valence-corrected chi connectivity index (χ3v) is 5.56. The smallest absolute Gasteiger partial charge is 0.255 e. The molecule has 1 amide bonds. The zero-order chi connectivity index (χ0) is 24.3. The number of nitrogens with one attached hydrogen (secondary N) is 3. The van der Waals surface area contributed by atoms with Crippen molar-refractivity contribution in [2.45, 2.75) is 32.8 Å². The summed E-state index contributed by atoms with van der Waals surface area (Å²) in [5.41, 5.74) is 3.03. The molecule has 0 spiro atoms. The van der Waals surface area contributed by atoms with Crippen LogP contribution in [-0.4, -0.2) is 48.3 Å². The number of hydrogen-bond acceptors (Lipinski definition) is 6. The molecule has 4 rings (SSSR count). The third kappa shape index (κ3) is 4.70. The van der Waals surface area contributed by atoms with E-state index in [1.165, 1.54) is 13.2 Å². The number of pyridine rings is 1. The average molecular weight is 469 g/mol. The Balaban J connectivity index is 1.80. The van der Waals surface area contributed by atoms with Crippen LogP contribution in [0, 0.1) is 5.82 Å². The van der Waals surface area contributed by atoms with Gasteiger partial charge in [0.1, 0.15) is 12.4 Å². The van der Waals surface area contributed by atoms with Gasteiger partial charge in [0.25, 0.3) is 5.91 Å². The molecule has 3 N–H and O–H groups in total. The van der Waals surface area contributed by atoms with Gasteiger partial charge in [-0.3, -0.25) is 9.78 Å². The van der Waals surface area contributed by atoms with Gasteiger partial charge in [0.05, 0.1) is 41.5 Å². The lowest BCUT2D eigenvalue weighted by molar-refractivity contribution is -0.0406. The molecule has 34 heavy (non-hydrogen) atoms. The van der Waals surface area contributed by atoms with E-state index >= 15 is 0 Å². The molecule has 0 fully saturated rings. The maximum Gasteiger partial charge on any atom is 0.255 e. The number of halogens is 1. The first-order valence-corrected chi connectivity index (χ1v) is 11.2. The van der Waals surface area contributed by atoms with Gasteiger partial charge in [-0.15, -0.1) is 0 Å². The van der Waals surface area contributed by atoms with Crippen LogP contribution in [0.15, 0.2) is 36.7 Å². The van der Waals surface area contributed by atoms with Crippen LogP contribution in [0.3, 0.4) is 0 Å². The molecule has 1 aliphatic rings. The average Bonchev–Trinajstić information content (AvgIpc) is 3.17. The summed E-state index contributed by atoms with van der Waals surface area (Å²) in [4.78, 5) is 20.4. The Morgan fingerprint density at radius 1 is 1.26 bits per heavy atom. The van der Waals surface area contributed by atoms with Gasteiger partial charge in [-0.05, 0) is 39.0 Å². The number of methoxy groups -OCH3 is 1. The highest BCUT2D eigenvalue weighted by molar-refractivity contribution is 6.06. The summed E-state index contributed by atoms with van der Waals surface area (Å²) in [6, 6.07) is 6.40. The number of anilines is 2. The molecule has 1 aliphatic heterocycles. The predicted octanol–water partition coefficient (Wildman–Crippen LogP) is 4.45. The summed E-state index contributed by atoms with van der Waals surface area (Å²) < 4.78 is 31.5. The van der Waals surface area contributed by atoms with Crippen LogP contribution in [0.25, 0.3) is 11.3 Å². The second-order valence-corrected chi connectivity index (χ2v) is 8.53. The number of fused-ring (bicyclic) bond motifs is 1. The molecular weight excluding hydrogens is 439 g/mol. The number of aromatic amines is 1. The fourth-order valence-corrected chi connectivity index (χ4v) is 4.04. The summed E-state index contributed by atoms with van der Waals surface area (Å²) in [5, 5.41) is 6.11. The van der Waals surface area contributed by atoms with Crippen molar-refractivity contribution in [3.63, 3.8) is 0 Å². The van der Waals surface area contributed by atoms with Crippen LogP contribution < -0.4 is 20.1 Å². The number of H-pyrrole nitrogens is 1. The van der Waals surface area contributed by atoms with Crippen molar-refractivity contribution in [3.05, 3.63) is 53.7 Å². The molecule has 9 heteroatoms. The molecule has 1 aromatic carbocycles.